The summed E-state index contributed by atoms with van der Waals surface area (Å²) >= 11 is 6.05. The van der Waals surface area contributed by atoms with Crippen molar-refractivity contribution in [3.05, 3.63) is 22.7 Å². The van der Waals surface area contributed by atoms with E-state index in [0.29, 0.717) is 18.1 Å². The summed E-state index contributed by atoms with van der Waals surface area (Å²) in [5.74, 6) is -0.365. The number of ether oxygens (including phenoxy) is 3. The molecular weight excluding hydrogens is 284 g/mol. The first kappa shape index (κ1) is 14.9. The Balaban J connectivity index is 2.04. The Hall–Kier alpha value is -1.46. The Morgan fingerprint density at radius 1 is 1.55 bits per heavy atom. The summed E-state index contributed by atoms with van der Waals surface area (Å²) in [6.07, 6.45) is 3.15. The summed E-state index contributed by atoms with van der Waals surface area (Å²) < 4.78 is 16.3. The van der Waals surface area contributed by atoms with Gasteiger partial charge in [0.05, 0.1) is 30.4 Å². The van der Waals surface area contributed by atoms with Crippen LogP contribution in [0.25, 0.3) is 0 Å². The minimum Gasteiger partial charge on any atom is -0.493 e. The summed E-state index contributed by atoms with van der Waals surface area (Å²) in [7, 11) is 1.45. The van der Waals surface area contributed by atoms with Crippen molar-refractivity contribution in [2.75, 3.05) is 20.3 Å². The number of carboxylic acid groups (broad SMARTS) is 1. The number of rotatable bonds is 6. The molecule has 1 aliphatic rings. The second-order valence-electron chi connectivity index (χ2n) is 4.57. The molecule has 1 unspecified atom stereocenters. The molecule has 1 N–H and O–H groups in total. The van der Waals surface area contributed by atoms with Gasteiger partial charge in [-0.05, 0) is 25.0 Å². The van der Waals surface area contributed by atoms with Crippen LogP contribution in [0.1, 0.15) is 29.6 Å². The Kier molecular flexibility index (Phi) is 5.09. The van der Waals surface area contributed by atoms with Crippen LogP contribution in [-0.2, 0) is 4.74 Å². The van der Waals surface area contributed by atoms with Gasteiger partial charge >= 0.3 is 5.97 Å². The highest BCUT2D eigenvalue weighted by atomic mass is 35.5. The smallest absolute Gasteiger partial charge is 0.335 e. The fraction of sp³-hybridized carbons (Fsp3) is 0.500. The fourth-order valence-electron chi connectivity index (χ4n) is 2.15. The van der Waals surface area contributed by atoms with E-state index in [1.807, 2.05) is 0 Å². The zero-order valence-corrected chi connectivity index (χ0v) is 12.0. The number of methoxy groups -OCH3 is 1. The van der Waals surface area contributed by atoms with Crippen molar-refractivity contribution in [3.8, 4) is 11.5 Å². The molecule has 0 aromatic heterocycles. The average molecular weight is 301 g/mol. The van der Waals surface area contributed by atoms with Gasteiger partial charge in [0.25, 0.3) is 0 Å². The van der Waals surface area contributed by atoms with Gasteiger partial charge in [0.15, 0.2) is 11.5 Å². The first-order valence-electron chi connectivity index (χ1n) is 6.47. The predicted octanol–water partition coefficient (Wildman–Crippen LogP) is 2.99. The zero-order chi connectivity index (χ0) is 14.5. The minimum atomic E-state index is -1.06. The van der Waals surface area contributed by atoms with Crippen LogP contribution >= 0.6 is 11.6 Å². The van der Waals surface area contributed by atoms with Gasteiger partial charge in [0.1, 0.15) is 0 Å². The van der Waals surface area contributed by atoms with E-state index in [0.717, 1.165) is 25.9 Å². The lowest BCUT2D eigenvalue weighted by atomic mass is 10.2. The molecule has 0 radical (unpaired) electrons. The maximum absolute atomic E-state index is 10.9. The van der Waals surface area contributed by atoms with Gasteiger partial charge in [-0.2, -0.15) is 0 Å². The molecule has 1 aliphatic heterocycles. The summed E-state index contributed by atoms with van der Waals surface area (Å²) in [4.78, 5) is 10.9. The Bertz CT molecular complexity index is 483. The summed E-state index contributed by atoms with van der Waals surface area (Å²) in [6.45, 7) is 1.26. The molecule has 2 rings (SSSR count). The van der Waals surface area contributed by atoms with Gasteiger partial charge in [0.2, 0.25) is 0 Å². The summed E-state index contributed by atoms with van der Waals surface area (Å²) in [5, 5.41) is 9.20. The number of aromatic carboxylic acids is 1. The van der Waals surface area contributed by atoms with Crippen molar-refractivity contribution in [3.63, 3.8) is 0 Å². The molecule has 0 bridgehead atoms. The van der Waals surface area contributed by atoms with E-state index in [1.165, 1.54) is 19.2 Å². The van der Waals surface area contributed by atoms with Crippen molar-refractivity contribution < 1.29 is 24.1 Å². The first-order valence-corrected chi connectivity index (χ1v) is 6.85. The van der Waals surface area contributed by atoms with Gasteiger partial charge in [0, 0.05) is 13.0 Å². The molecule has 5 nitrogen and oxygen atoms in total. The van der Waals surface area contributed by atoms with Crippen LogP contribution in [0.4, 0.5) is 0 Å². The quantitative estimate of drug-likeness (QED) is 0.875. The summed E-state index contributed by atoms with van der Waals surface area (Å²) in [6, 6.07) is 2.75. The number of halogens is 1. The van der Waals surface area contributed by atoms with Crippen molar-refractivity contribution in [1.29, 1.82) is 0 Å². The Morgan fingerprint density at radius 2 is 2.35 bits per heavy atom. The SMILES string of the molecule is COc1cc(C(=O)O)cc(Cl)c1OCCC1CCCO1. The molecule has 1 fully saturated rings. The van der Waals surface area contributed by atoms with Crippen molar-refractivity contribution in [1.82, 2.24) is 0 Å². The van der Waals surface area contributed by atoms with Crippen molar-refractivity contribution >= 4 is 17.6 Å². The molecular formula is C14H17ClO5. The average Bonchev–Trinajstić information content (AvgIpc) is 2.93. The van der Waals surface area contributed by atoms with Crippen LogP contribution in [0.2, 0.25) is 5.02 Å². The molecule has 0 spiro atoms. The van der Waals surface area contributed by atoms with Gasteiger partial charge < -0.3 is 19.3 Å². The molecule has 0 amide bonds. The van der Waals surface area contributed by atoms with Crippen LogP contribution in [0.15, 0.2) is 12.1 Å². The van der Waals surface area contributed by atoms with Crippen LogP contribution < -0.4 is 9.47 Å². The monoisotopic (exact) mass is 300 g/mol. The number of hydrogen-bond donors (Lipinski definition) is 1. The van der Waals surface area contributed by atoms with E-state index >= 15 is 0 Å². The van der Waals surface area contributed by atoms with E-state index in [2.05, 4.69) is 0 Å². The molecule has 1 saturated heterocycles. The van der Waals surface area contributed by atoms with Crippen molar-refractivity contribution in [2.24, 2.45) is 0 Å². The Labute approximate surface area is 122 Å². The third kappa shape index (κ3) is 3.55. The van der Waals surface area contributed by atoms with E-state index in [1.54, 1.807) is 0 Å². The number of carbonyl (C=O) groups is 1. The maximum Gasteiger partial charge on any atom is 0.335 e. The topological polar surface area (TPSA) is 65.0 Å². The molecule has 1 atom stereocenters. The highest BCUT2D eigenvalue weighted by molar-refractivity contribution is 6.32. The molecule has 1 aromatic rings. The van der Waals surface area contributed by atoms with E-state index < -0.39 is 5.97 Å². The van der Waals surface area contributed by atoms with Gasteiger partial charge in [-0.25, -0.2) is 4.79 Å². The summed E-state index contributed by atoms with van der Waals surface area (Å²) in [5.41, 5.74) is 0.0679. The maximum atomic E-state index is 10.9. The fourth-order valence-corrected chi connectivity index (χ4v) is 2.41. The number of benzene rings is 1. The lowest BCUT2D eigenvalue weighted by Crippen LogP contribution is -2.11. The molecule has 0 saturated carbocycles. The molecule has 0 aliphatic carbocycles. The van der Waals surface area contributed by atoms with Gasteiger partial charge in [-0.1, -0.05) is 11.6 Å². The standard InChI is InChI=1S/C14H17ClO5/c1-18-12-8-9(14(16)17)7-11(15)13(12)20-6-4-10-3-2-5-19-10/h7-8,10H,2-6H2,1H3,(H,16,17). The predicted molar refractivity (Wildman–Crippen MR) is 74.0 cm³/mol. The number of carboxylic acids is 1. The first-order chi connectivity index (χ1) is 9.61. The second-order valence-corrected chi connectivity index (χ2v) is 4.97. The number of hydrogen-bond acceptors (Lipinski definition) is 4. The molecule has 20 heavy (non-hydrogen) atoms. The van der Waals surface area contributed by atoms with Crippen LogP contribution in [0, 0.1) is 0 Å². The van der Waals surface area contributed by atoms with E-state index in [-0.39, 0.29) is 16.7 Å². The lowest BCUT2D eigenvalue weighted by Gasteiger charge is -2.15. The lowest BCUT2D eigenvalue weighted by molar-refractivity contribution is 0.0696. The van der Waals surface area contributed by atoms with E-state index in [4.69, 9.17) is 30.9 Å². The van der Waals surface area contributed by atoms with Crippen LogP contribution in [0.3, 0.4) is 0 Å². The zero-order valence-electron chi connectivity index (χ0n) is 11.2. The molecule has 110 valence electrons. The second kappa shape index (κ2) is 6.81. The van der Waals surface area contributed by atoms with Crippen LogP contribution in [0.5, 0.6) is 11.5 Å². The Morgan fingerprint density at radius 3 is 2.95 bits per heavy atom. The molecule has 1 aromatic carbocycles. The normalized spacial score (nSPS) is 18.0. The molecule has 6 heteroatoms. The highest BCUT2D eigenvalue weighted by Crippen LogP contribution is 2.36. The van der Waals surface area contributed by atoms with Crippen molar-refractivity contribution in [2.45, 2.75) is 25.4 Å². The van der Waals surface area contributed by atoms with Gasteiger partial charge in [-0.15, -0.1) is 0 Å². The largest absolute Gasteiger partial charge is 0.493 e. The minimum absolute atomic E-state index is 0.0679. The molecule has 1 heterocycles. The third-order valence-corrected chi connectivity index (χ3v) is 3.47. The van der Waals surface area contributed by atoms with Crippen LogP contribution in [-0.4, -0.2) is 37.5 Å². The third-order valence-electron chi connectivity index (χ3n) is 3.19. The highest BCUT2D eigenvalue weighted by Gasteiger charge is 2.18. The van der Waals surface area contributed by atoms with E-state index in [9.17, 15) is 4.79 Å². The van der Waals surface area contributed by atoms with Gasteiger partial charge in [-0.3, -0.25) is 0 Å².